The zero-order chi connectivity index (χ0) is 13.0. The number of carbonyl (C=O) groups excluding carboxylic acids is 2. The van der Waals surface area contributed by atoms with Crippen LogP contribution >= 0.6 is 0 Å². The third-order valence-corrected chi connectivity index (χ3v) is 3.76. The molecule has 2 amide bonds. The second-order valence-corrected chi connectivity index (χ2v) is 5.05. The number of amides is 2. The van der Waals surface area contributed by atoms with Gasteiger partial charge in [-0.3, -0.25) is 9.59 Å². The van der Waals surface area contributed by atoms with Gasteiger partial charge < -0.3 is 15.0 Å². The summed E-state index contributed by atoms with van der Waals surface area (Å²) in [5, 5.41) is 2.77. The van der Waals surface area contributed by atoms with Gasteiger partial charge in [-0.2, -0.15) is 0 Å². The molecule has 0 spiro atoms. The predicted octanol–water partition coefficient (Wildman–Crippen LogP) is 0.540. The quantitative estimate of drug-likeness (QED) is 0.796. The van der Waals surface area contributed by atoms with E-state index in [1.807, 2.05) is 11.8 Å². The van der Waals surface area contributed by atoms with Gasteiger partial charge in [0.15, 0.2) is 0 Å². The molecule has 2 atom stereocenters. The lowest BCUT2D eigenvalue weighted by Crippen LogP contribution is -2.46. The van der Waals surface area contributed by atoms with Crippen molar-refractivity contribution in [3.05, 3.63) is 0 Å². The van der Waals surface area contributed by atoms with Crippen molar-refractivity contribution in [1.29, 1.82) is 0 Å². The van der Waals surface area contributed by atoms with E-state index in [-0.39, 0.29) is 23.8 Å². The summed E-state index contributed by atoms with van der Waals surface area (Å²) < 4.78 is 5.58. The van der Waals surface area contributed by atoms with Crippen LogP contribution in [0.1, 0.15) is 32.6 Å². The average molecular weight is 254 g/mol. The van der Waals surface area contributed by atoms with Crippen molar-refractivity contribution in [2.75, 3.05) is 26.2 Å². The summed E-state index contributed by atoms with van der Waals surface area (Å²) in [7, 11) is 0. The van der Waals surface area contributed by atoms with E-state index in [1.165, 1.54) is 0 Å². The van der Waals surface area contributed by atoms with Crippen molar-refractivity contribution in [1.82, 2.24) is 10.2 Å². The molecule has 2 fully saturated rings. The van der Waals surface area contributed by atoms with E-state index in [0.717, 1.165) is 19.4 Å². The van der Waals surface area contributed by atoms with Gasteiger partial charge in [-0.1, -0.05) is 0 Å². The first-order valence-corrected chi connectivity index (χ1v) is 6.87. The van der Waals surface area contributed by atoms with Crippen molar-refractivity contribution < 1.29 is 14.3 Å². The molecule has 0 radical (unpaired) electrons. The number of ether oxygens (including phenoxy) is 1. The molecule has 0 saturated carbocycles. The highest BCUT2D eigenvalue weighted by Gasteiger charge is 2.29. The summed E-state index contributed by atoms with van der Waals surface area (Å²) in [6.07, 6.45) is 3.48. The molecule has 2 unspecified atom stereocenters. The van der Waals surface area contributed by atoms with Crippen LogP contribution in [0, 0.1) is 5.92 Å². The minimum atomic E-state index is -0.0518. The summed E-state index contributed by atoms with van der Waals surface area (Å²) in [5.74, 6) is 0.165. The van der Waals surface area contributed by atoms with E-state index in [0.29, 0.717) is 32.5 Å². The maximum Gasteiger partial charge on any atom is 0.227 e. The van der Waals surface area contributed by atoms with Crippen molar-refractivity contribution in [2.24, 2.45) is 5.92 Å². The van der Waals surface area contributed by atoms with E-state index < -0.39 is 0 Å². The van der Waals surface area contributed by atoms with E-state index in [9.17, 15) is 9.59 Å². The van der Waals surface area contributed by atoms with Crippen molar-refractivity contribution in [3.8, 4) is 0 Å². The lowest BCUT2D eigenvalue weighted by molar-refractivity contribution is -0.138. The number of hydrogen-bond donors (Lipinski definition) is 1. The van der Waals surface area contributed by atoms with Gasteiger partial charge >= 0.3 is 0 Å². The molecule has 0 aromatic carbocycles. The number of hydrogen-bond acceptors (Lipinski definition) is 3. The van der Waals surface area contributed by atoms with Gasteiger partial charge in [0.05, 0.1) is 12.0 Å². The van der Waals surface area contributed by atoms with E-state index >= 15 is 0 Å². The molecule has 0 aromatic heterocycles. The summed E-state index contributed by atoms with van der Waals surface area (Å²) in [4.78, 5) is 25.3. The second kappa shape index (κ2) is 6.18. The molecular weight excluding hydrogens is 232 g/mol. The molecule has 2 heterocycles. The van der Waals surface area contributed by atoms with E-state index in [4.69, 9.17) is 4.74 Å². The van der Waals surface area contributed by atoms with Gasteiger partial charge in [0.1, 0.15) is 0 Å². The van der Waals surface area contributed by atoms with Crippen LogP contribution in [0.15, 0.2) is 0 Å². The highest BCUT2D eigenvalue weighted by atomic mass is 16.5. The van der Waals surface area contributed by atoms with Crippen LogP contribution in [-0.4, -0.2) is 49.1 Å². The van der Waals surface area contributed by atoms with Crippen LogP contribution in [0.5, 0.6) is 0 Å². The van der Waals surface area contributed by atoms with Crippen LogP contribution in [0.3, 0.4) is 0 Å². The number of nitrogens with one attached hydrogen (secondary N) is 1. The van der Waals surface area contributed by atoms with E-state index in [2.05, 4.69) is 5.32 Å². The summed E-state index contributed by atoms with van der Waals surface area (Å²) in [5.41, 5.74) is 0. The Balaban J connectivity index is 1.86. The molecule has 2 aliphatic rings. The molecular formula is C13H22N2O3. The Hall–Kier alpha value is -1.10. The third-order valence-electron chi connectivity index (χ3n) is 3.76. The fraction of sp³-hybridized carbons (Fsp3) is 0.846. The van der Waals surface area contributed by atoms with Gasteiger partial charge in [0, 0.05) is 32.7 Å². The van der Waals surface area contributed by atoms with Crippen LogP contribution < -0.4 is 5.32 Å². The molecule has 18 heavy (non-hydrogen) atoms. The van der Waals surface area contributed by atoms with Crippen LogP contribution in [0.2, 0.25) is 0 Å². The summed E-state index contributed by atoms with van der Waals surface area (Å²) >= 11 is 0. The minimum absolute atomic E-state index is 0.0518. The average Bonchev–Trinajstić information content (AvgIpc) is 2.89. The Morgan fingerprint density at radius 2 is 2.33 bits per heavy atom. The highest BCUT2D eigenvalue weighted by Crippen LogP contribution is 2.17. The first-order valence-electron chi connectivity index (χ1n) is 6.87. The zero-order valence-electron chi connectivity index (χ0n) is 11.0. The maximum atomic E-state index is 12.3. The second-order valence-electron chi connectivity index (χ2n) is 5.05. The molecule has 1 N–H and O–H groups in total. The molecule has 0 bridgehead atoms. The number of rotatable bonds is 4. The van der Waals surface area contributed by atoms with Gasteiger partial charge in [-0.15, -0.1) is 0 Å². The fourth-order valence-electron chi connectivity index (χ4n) is 2.61. The summed E-state index contributed by atoms with van der Waals surface area (Å²) in [6.45, 7) is 4.70. The fourth-order valence-corrected chi connectivity index (χ4v) is 2.61. The molecule has 102 valence electrons. The first-order chi connectivity index (χ1) is 8.70. The number of nitrogens with zero attached hydrogens (tertiary/aromatic N) is 1. The predicted molar refractivity (Wildman–Crippen MR) is 67.0 cm³/mol. The largest absolute Gasteiger partial charge is 0.376 e. The molecule has 5 nitrogen and oxygen atoms in total. The van der Waals surface area contributed by atoms with Crippen LogP contribution in [0.25, 0.3) is 0 Å². The lowest BCUT2D eigenvalue weighted by Gasteiger charge is -2.30. The summed E-state index contributed by atoms with van der Waals surface area (Å²) in [6, 6.07) is 0. The lowest BCUT2D eigenvalue weighted by atomic mass is 9.97. The van der Waals surface area contributed by atoms with Crippen molar-refractivity contribution in [2.45, 2.75) is 38.7 Å². The SMILES string of the molecule is CCN(CC1CCCO1)C(=O)C1CCC(=O)NC1. The molecule has 0 aliphatic carbocycles. The molecule has 2 aliphatic heterocycles. The maximum absolute atomic E-state index is 12.3. The first kappa shape index (κ1) is 13.3. The Morgan fingerprint density at radius 3 is 2.89 bits per heavy atom. The monoisotopic (exact) mass is 254 g/mol. The Labute approximate surface area is 108 Å². The van der Waals surface area contributed by atoms with Crippen molar-refractivity contribution in [3.63, 3.8) is 0 Å². The molecule has 2 saturated heterocycles. The Morgan fingerprint density at radius 1 is 1.50 bits per heavy atom. The number of piperidine rings is 1. The van der Waals surface area contributed by atoms with Gasteiger partial charge in [-0.25, -0.2) is 0 Å². The van der Waals surface area contributed by atoms with Crippen LogP contribution in [0.4, 0.5) is 0 Å². The van der Waals surface area contributed by atoms with Crippen LogP contribution in [-0.2, 0) is 14.3 Å². The Kier molecular flexibility index (Phi) is 4.58. The molecule has 0 aromatic rings. The molecule has 5 heteroatoms. The van der Waals surface area contributed by atoms with Gasteiger partial charge in [0.2, 0.25) is 11.8 Å². The molecule has 2 rings (SSSR count). The third kappa shape index (κ3) is 3.22. The number of likely N-dealkylation sites (N-methyl/N-ethyl adjacent to an activating group) is 1. The van der Waals surface area contributed by atoms with E-state index in [1.54, 1.807) is 0 Å². The van der Waals surface area contributed by atoms with Gasteiger partial charge in [-0.05, 0) is 26.2 Å². The van der Waals surface area contributed by atoms with Gasteiger partial charge in [0.25, 0.3) is 0 Å². The smallest absolute Gasteiger partial charge is 0.227 e. The topological polar surface area (TPSA) is 58.6 Å². The highest BCUT2D eigenvalue weighted by molar-refractivity contribution is 5.83. The number of carbonyl (C=O) groups is 2. The minimum Gasteiger partial charge on any atom is -0.376 e. The zero-order valence-corrected chi connectivity index (χ0v) is 11.0. The van der Waals surface area contributed by atoms with Crippen molar-refractivity contribution >= 4 is 11.8 Å². The normalized spacial score (nSPS) is 27.9. The Bertz CT molecular complexity index is 303. The standard InChI is InChI=1S/C13H22N2O3/c1-2-15(9-11-4-3-7-18-11)13(17)10-5-6-12(16)14-8-10/h10-11H,2-9H2,1H3,(H,14,16).